The fraction of sp³-hybridized carbons (Fsp3) is 0.857. The number of rotatable bonds is 3. The minimum atomic E-state index is -0.409. The van der Waals surface area contributed by atoms with Crippen molar-refractivity contribution in [3.05, 3.63) is 11.6 Å². The van der Waals surface area contributed by atoms with Gasteiger partial charge in [-0.05, 0) is 44.7 Å². The van der Waals surface area contributed by atoms with Crippen LogP contribution in [0.25, 0.3) is 0 Å². The molecule has 0 bridgehead atoms. The van der Waals surface area contributed by atoms with E-state index in [0.29, 0.717) is 5.92 Å². The molecule has 106 valence electrons. The van der Waals surface area contributed by atoms with Crippen molar-refractivity contribution in [2.24, 2.45) is 5.92 Å². The first-order valence-electron chi connectivity index (χ1n) is 7.60. The third-order valence-electron chi connectivity index (χ3n) is 4.41. The number of hydrogen-bond acceptors (Lipinski definition) is 4. The van der Waals surface area contributed by atoms with Crippen molar-refractivity contribution in [1.82, 2.24) is 19.7 Å². The molecule has 2 unspecified atom stereocenters. The standard InChI is InChI=1S/C14H24N4O/c1-2-17-7-3-5-11(10-17)9-13-15-14-12(19)6-4-8-18(14)16-13/h11-12,19H,2-10H2,1H3. The number of hydrogen-bond donors (Lipinski definition) is 1. The normalized spacial score (nSPS) is 28.3. The monoisotopic (exact) mass is 264 g/mol. The van der Waals surface area contributed by atoms with E-state index in [4.69, 9.17) is 0 Å². The van der Waals surface area contributed by atoms with Gasteiger partial charge in [-0.2, -0.15) is 5.10 Å². The Labute approximate surface area is 114 Å². The summed E-state index contributed by atoms with van der Waals surface area (Å²) in [6, 6.07) is 0. The molecule has 1 saturated heterocycles. The van der Waals surface area contributed by atoms with Crippen molar-refractivity contribution in [1.29, 1.82) is 0 Å². The van der Waals surface area contributed by atoms with Gasteiger partial charge in [-0.1, -0.05) is 6.92 Å². The van der Waals surface area contributed by atoms with Gasteiger partial charge in [0.15, 0.2) is 11.6 Å². The minimum absolute atomic E-state index is 0.409. The lowest BCUT2D eigenvalue weighted by atomic mass is 9.94. The Morgan fingerprint density at radius 2 is 2.11 bits per heavy atom. The maximum atomic E-state index is 9.93. The summed E-state index contributed by atoms with van der Waals surface area (Å²) in [5.41, 5.74) is 0. The molecule has 1 aromatic heterocycles. The van der Waals surface area contributed by atoms with Gasteiger partial charge in [-0.25, -0.2) is 9.67 Å². The number of piperidine rings is 1. The molecule has 2 aliphatic rings. The lowest BCUT2D eigenvalue weighted by Gasteiger charge is -2.31. The molecule has 0 spiro atoms. The molecule has 0 saturated carbocycles. The highest BCUT2D eigenvalue weighted by atomic mass is 16.3. The third-order valence-corrected chi connectivity index (χ3v) is 4.41. The average Bonchev–Trinajstić information content (AvgIpc) is 2.83. The second-order valence-corrected chi connectivity index (χ2v) is 5.87. The molecule has 0 amide bonds. The van der Waals surface area contributed by atoms with E-state index in [1.165, 1.54) is 25.9 Å². The second-order valence-electron chi connectivity index (χ2n) is 5.87. The van der Waals surface area contributed by atoms with E-state index in [-0.39, 0.29) is 0 Å². The highest BCUT2D eigenvalue weighted by molar-refractivity contribution is 5.00. The van der Waals surface area contributed by atoms with E-state index in [2.05, 4.69) is 21.9 Å². The van der Waals surface area contributed by atoms with Crippen LogP contribution in [0.15, 0.2) is 0 Å². The van der Waals surface area contributed by atoms with Gasteiger partial charge in [0.25, 0.3) is 0 Å². The number of aryl methyl sites for hydroxylation is 1. The molecule has 0 radical (unpaired) electrons. The number of aromatic nitrogens is 3. The molecule has 1 N–H and O–H groups in total. The van der Waals surface area contributed by atoms with Gasteiger partial charge in [0, 0.05) is 19.5 Å². The van der Waals surface area contributed by atoms with E-state index in [9.17, 15) is 5.11 Å². The molecule has 3 rings (SSSR count). The summed E-state index contributed by atoms with van der Waals surface area (Å²) in [6.07, 6.45) is 4.95. The Morgan fingerprint density at radius 3 is 2.89 bits per heavy atom. The van der Waals surface area contributed by atoms with Crippen LogP contribution in [0.5, 0.6) is 0 Å². The van der Waals surface area contributed by atoms with E-state index in [1.807, 2.05) is 4.68 Å². The summed E-state index contributed by atoms with van der Waals surface area (Å²) < 4.78 is 1.91. The van der Waals surface area contributed by atoms with Gasteiger partial charge in [-0.15, -0.1) is 0 Å². The van der Waals surface area contributed by atoms with Crippen LogP contribution in [0.4, 0.5) is 0 Å². The molecular weight excluding hydrogens is 240 g/mol. The van der Waals surface area contributed by atoms with Crippen molar-refractivity contribution in [3.63, 3.8) is 0 Å². The summed E-state index contributed by atoms with van der Waals surface area (Å²) in [5.74, 6) is 2.39. The number of likely N-dealkylation sites (tertiary alicyclic amines) is 1. The molecular formula is C14H24N4O. The van der Waals surface area contributed by atoms with Crippen LogP contribution < -0.4 is 0 Å². The first kappa shape index (κ1) is 13.1. The van der Waals surface area contributed by atoms with E-state index in [0.717, 1.165) is 44.0 Å². The molecule has 3 heterocycles. The Morgan fingerprint density at radius 1 is 1.26 bits per heavy atom. The van der Waals surface area contributed by atoms with Gasteiger partial charge in [-0.3, -0.25) is 0 Å². The van der Waals surface area contributed by atoms with E-state index in [1.54, 1.807) is 0 Å². The maximum Gasteiger partial charge on any atom is 0.156 e. The molecule has 5 heteroatoms. The highest BCUT2D eigenvalue weighted by Gasteiger charge is 2.25. The first-order chi connectivity index (χ1) is 9.26. The van der Waals surface area contributed by atoms with Crippen molar-refractivity contribution in [3.8, 4) is 0 Å². The van der Waals surface area contributed by atoms with Gasteiger partial charge in [0.2, 0.25) is 0 Å². The molecule has 1 aromatic rings. The number of fused-ring (bicyclic) bond motifs is 1. The minimum Gasteiger partial charge on any atom is -0.385 e. The summed E-state index contributed by atoms with van der Waals surface area (Å²) in [5, 5.41) is 14.5. The number of aliphatic hydroxyl groups is 1. The van der Waals surface area contributed by atoms with Gasteiger partial charge >= 0.3 is 0 Å². The number of nitrogens with zero attached hydrogens (tertiary/aromatic N) is 4. The van der Waals surface area contributed by atoms with Gasteiger partial charge in [0.05, 0.1) is 0 Å². The lowest BCUT2D eigenvalue weighted by molar-refractivity contribution is 0.130. The quantitative estimate of drug-likeness (QED) is 0.896. The summed E-state index contributed by atoms with van der Waals surface area (Å²) in [7, 11) is 0. The highest BCUT2D eigenvalue weighted by Crippen LogP contribution is 2.24. The van der Waals surface area contributed by atoms with E-state index >= 15 is 0 Å². The molecule has 1 fully saturated rings. The Kier molecular flexibility index (Phi) is 3.84. The van der Waals surface area contributed by atoms with Crippen LogP contribution in [-0.2, 0) is 13.0 Å². The zero-order chi connectivity index (χ0) is 13.2. The summed E-state index contributed by atoms with van der Waals surface area (Å²) in [6.45, 7) is 6.68. The fourth-order valence-electron chi connectivity index (χ4n) is 3.33. The summed E-state index contributed by atoms with van der Waals surface area (Å²) in [4.78, 5) is 7.07. The molecule has 2 aliphatic heterocycles. The van der Waals surface area contributed by atoms with Gasteiger partial charge in [0.1, 0.15) is 6.10 Å². The predicted molar refractivity (Wildman–Crippen MR) is 72.8 cm³/mol. The first-order valence-corrected chi connectivity index (χ1v) is 7.60. The van der Waals surface area contributed by atoms with Crippen LogP contribution in [0.2, 0.25) is 0 Å². The topological polar surface area (TPSA) is 54.2 Å². The number of aliphatic hydroxyl groups excluding tert-OH is 1. The Hall–Kier alpha value is -0.940. The van der Waals surface area contributed by atoms with Crippen LogP contribution >= 0.6 is 0 Å². The maximum absolute atomic E-state index is 9.93. The second kappa shape index (κ2) is 5.59. The summed E-state index contributed by atoms with van der Waals surface area (Å²) >= 11 is 0. The van der Waals surface area contributed by atoms with Crippen molar-refractivity contribution < 1.29 is 5.11 Å². The van der Waals surface area contributed by atoms with Crippen molar-refractivity contribution in [2.75, 3.05) is 19.6 Å². The zero-order valence-corrected chi connectivity index (χ0v) is 11.8. The van der Waals surface area contributed by atoms with Crippen molar-refractivity contribution >= 4 is 0 Å². The zero-order valence-electron chi connectivity index (χ0n) is 11.8. The molecule has 19 heavy (non-hydrogen) atoms. The van der Waals surface area contributed by atoms with Crippen molar-refractivity contribution in [2.45, 2.75) is 51.7 Å². The molecule has 5 nitrogen and oxygen atoms in total. The van der Waals surface area contributed by atoms with E-state index < -0.39 is 6.10 Å². The fourth-order valence-corrected chi connectivity index (χ4v) is 3.33. The van der Waals surface area contributed by atoms with Crippen LogP contribution in [-0.4, -0.2) is 44.4 Å². The van der Waals surface area contributed by atoms with Crippen LogP contribution in [0.1, 0.15) is 50.4 Å². The Balaban J connectivity index is 1.66. The SMILES string of the molecule is CCN1CCCC(Cc2nc3n(n2)CCCC3O)C1. The average molecular weight is 264 g/mol. The molecule has 0 aromatic carbocycles. The largest absolute Gasteiger partial charge is 0.385 e. The third kappa shape index (κ3) is 2.82. The van der Waals surface area contributed by atoms with Crippen LogP contribution in [0, 0.1) is 5.92 Å². The lowest BCUT2D eigenvalue weighted by Crippen LogP contribution is -2.36. The predicted octanol–water partition coefficient (Wildman–Crippen LogP) is 1.38. The van der Waals surface area contributed by atoms with Crippen LogP contribution in [0.3, 0.4) is 0 Å². The Bertz CT molecular complexity index is 431. The smallest absolute Gasteiger partial charge is 0.156 e. The molecule has 2 atom stereocenters. The molecule has 0 aliphatic carbocycles. The van der Waals surface area contributed by atoms with Gasteiger partial charge < -0.3 is 10.0 Å².